The molecule has 0 saturated heterocycles. The highest BCUT2D eigenvalue weighted by Gasteiger charge is 2.28. The van der Waals surface area contributed by atoms with Gasteiger partial charge in [-0.2, -0.15) is 0 Å². The van der Waals surface area contributed by atoms with Gasteiger partial charge in [-0.3, -0.25) is 9.59 Å². The van der Waals surface area contributed by atoms with Crippen LogP contribution in [0.4, 0.5) is 0 Å². The largest absolute Gasteiger partial charge is 0.354 e. The van der Waals surface area contributed by atoms with Crippen molar-refractivity contribution in [1.29, 1.82) is 0 Å². The second-order valence-electron chi connectivity index (χ2n) is 7.63. The maximum absolute atomic E-state index is 13.2. The highest BCUT2D eigenvalue weighted by Crippen LogP contribution is 2.21. The molecule has 2 amide bonds. The number of nitrogens with one attached hydrogen (secondary N) is 1. The van der Waals surface area contributed by atoms with Gasteiger partial charge in [-0.1, -0.05) is 61.4 Å². The van der Waals surface area contributed by atoms with Gasteiger partial charge in [-0.15, -0.1) is 11.8 Å². The Balaban J connectivity index is 2.09. The van der Waals surface area contributed by atoms with Crippen LogP contribution in [-0.4, -0.2) is 35.1 Å². The number of benzene rings is 2. The van der Waals surface area contributed by atoms with Gasteiger partial charge in [0.2, 0.25) is 11.8 Å². The van der Waals surface area contributed by atoms with E-state index in [1.165, 1.54) is 11.1 Å². The van der Waals surface area contributed by atoms with Crippen LogP contribution in [0.5, 0.6) is 0 Å². The molecule has 5 heteroatoms. The van der Waals surface area contributed by atoms with Crippen LogP contribution in [0.3, 0.4) is 0 Å². The molecule has 1 N–H and O–H groups in total. The zero-order chi connectivity index (χ0) is 21.9. The fourth-order valence-electron chi connectivity index (χ4n) is 3.21. The van der Waals surface area contributed by atoms with Crippen molar-refractivity contribution < 1.29 is 9.59 Å². The number of hydrogen-bond acceptors (Lipinski definition) is 3. The van der Waals surface area contributed by atoms with Gasteiger partial charge in [0.15, 0.2) is 0 Å². The standard InChI is InChI=1S/C25H34N2O2S/c1-5-16-26-25(29)23(6-2)27(18-21-11-7-19(3)8-12-21)24(28)15-17-30-22-13-9-20(4)10-14-22/h7-14,23H,5-6,15-18H2,1-4H3,(H,26,29)/t23-/m1/s1. The van der Waals surface area contributed by atoms with Crippen LogP contribution in [0, 0.1) is 13.8 Å². The molecule has 0 heterocycles. The average Bonchev–Trinajstić information content (AvgIpc) is 2.74. The van der Waals surface area contributed by atoms with E-state index in [4.69, 9.17) is 0 Å². The summed E-state index contributed by atoms with van der Waals surface area (Å²) in [5.41, 5.74) is 3.45. The van der Waals surface area contributed by atoms with Crippen molar-refractivity contribution in [3.05, 3.63) is 65.2 Å². The predicted molar refractivity (Wildman–Crippen MR) is 126 cm³/mol. The summed E-state index contributed by atoms with van der Waals surface area (Å²) in [6, 6.07) is 16.0. The van der Waals surface area contributed by atoms with Crippen molar-refractivity contribution in [1.82, 2.24) is 10.2 Å². The predicted octanol–water partition coefficient (Wildman–Crippen LogP) is 5.12. The van der Waals surface area contributed by atoms with Crippen molar-refractivity contribution >= 4 is 23.6 Å². The molecule has 2 aromatic rings. The minimum absolute atomic E-state index is 0.0219. The highest BCUT2D eigenvalue weighted by atomic mass is 32.2. The maximum Gasteiger partial charge on any atom is 0.242 e. The molecule has 0 radical (unpaired) electrons. The SMILES string of the molecule is CCCNC(=O)[C@@H](CC)N(Cc1ccc(C)cc1)C(=O)CCSc1ccc(C)cc1. The van der Waals surface area contributed by atoms with E-state index in [1.807, 2.05) is 45.0 Å². The first-order valence-corrected chi connectivity index (χ1v) is 11.7. The lowest BCUT2D eigenvalue weighted by Crippen LogP contribution is -2.49. The van der Waals surface area contributed by atoms with Crippen molar-refractivity contribution in [3.63, 3.8) is 0 Å². The summed E-state index contributed by atoms with van der Waals surface area (Å²) in [4.78, 5) is 28.8. The molecule has 0 aliphatic heterocycles. The van der Waals surface area contributed by atoms with Crippen molar-refractivity contribution in [2.45, 2.75) is 64.4 Å². The summed E-state index contributed by atoms with van der Waals surface area (Å²) in [6.45, 7) is 9.18. The number of carbonyl (C=O) groups excluding carboxylic acids is 2. The summed E-state index contributed by atoms with van der Waals surface area (Å²) in [5, 5.41) is 2.96. The van der Waals surface area contributed by atoms with Gasteiger partial charge in [-0.25, -0.2) is 0 Å². The number of rotatable bonds is 11. The third kappa shape index (κ3) is 7.52. The van der Waals surface area contributed by atoms with Crippen molar-refractivity contribution in [2.24, 2.45) is 0 Å². The Labute approximate surface area is 185 Å². The van der Waals surface area contributed by atoms with E-state index in [0.29, 0.717) is 31.7 Å². The van der Waals surface area contributed by atoms with Gasteiger partial charge in [-0.05, 0) is 44.4 Å². The first kappa shape index (κ1) is 24.0. The minimum atomic E-state index is -0.449. The lowest BCUT2D eigenvalue weighted by Gasteiger charge is -2.30. The lowest BCUT2D eigenvalue weighted by molar-refractivity contribution is -0.141. The molecule has 2 rings (SSSR count). The van der Waals surface area contributed by atoms with E-state index in [0.717, 1.165) is 16.9 Å². The quantitative estimate of drug-likeness (QED) is 0.508. The Kier molecular flexibility index (Phi) is 9.95. The zero-order valence-corrected chi connectivity index (χ0v) is 19.4. The van der Waals surface area contributed by atoms with Crippen LogP contribution in [0.25, 0.3) is 0 Å². The second-order valence-corrected chi connectivity index (χ2v) is 8.80. The summed E-state index contributed by atoms with van der Waals surface area (Å²) in [5.74, 6) is 0.652. The van der Waals surface area contributed by atoms with Gasteiger partial charge in [0.05, 0.1) is 0 Å². The Bertz CT molecular complexity index is 803. The molecular formula is C25H34N2O2S. The number of hydrogen-bond donors (Lipinski definition) is 1. The number of carbonyl (C=O) groups is 2. The molecule has 0 bridgehead atoms. The summed E-state index contributed by atoms with van der Waals surface area (Å²) < 4.78 is 0. The van der Waals surface area contributed by atoms with Crippen LogP contribution >= 0.6 is 11.8 Å². The van der Waals surface area contributed by atoms with E-state index in [2.05, 4.69) is 36.5 Å². The molecule has 1 atom stereocenters. The first-order chi connectivity index (χ1) is 14.4. The monoisotopic (exact) mass is 426 g/mol. The number of thioether (sulfide) groups is 1. The second kappa shape index (κ2) is 12.4. The van der Waals surface area contributed by atoms with E-state index < -0.39 is 6.04 Å². The molecule has 162 valence electrons. The van der Waals surface area contributed by atoms with E-state index in [1.54, 1.807) is 16.7 Å². The summed E-state index contributed by atoms with van der Waals surface area (Å²) in [7, 11) is 0. The van der Waals surface area contributed by atoms with Gasteiger partial charge < -0.3 is 10.2 Å². The molecule has 0 saturated carbocycles. The van der Waals surface area contributed by atoms with Gasteiger partial charge in [0.1, 0.15) is 6.04 Å². The number of amides is 2. The fourth-order valence-corrected chi connectivity index (χ4v) is 4.05. The van der Waals surface area contributed by atoms with Crippen LogP contribution < -0.4 is 5.32 Å². The van der Waals surface area contributed by atoms with Crippen LogP contribution in [0.2, 0.25) is 0 Å². The smallest absolute Gasteiger partial charge is 0.242 e. The molecule has 0 aliphatic carbocycles. The van der Waals surface area contributed by atoms with Crippen LogP contribution in [0.1, 0.15) is 49.8 Å². The summed E-state index contributed by atoms with van der Waals surface area (Å²) in [6.07, 6.45) is 1.88. The molecule has 0 unspecified atom stereocenters. The molecule has 30 heavy (non-hydrogen) atoms. The molecule has 0 fully saturated rings. The Hall–Kier alpha value is -2.27. The lowest BCUT2D eigenvalue weighted by atomic mass is 10.1. The molecular weight excluding hydrogens is 392 g/mol. The number of nitrogens with zero attached hydrogens (tertiary/aromatic N) is 1. The maximum atomic E-state index is 13.2. The topological polar surface area (TPSA) is 49.4 Å². The average molecular weight is 427 g/mol. The molecule has 4 nitrogen and oxygen atoms in total. The minimum Gasteiger partial charge on any atom is -0.354 e. The molecule has 0 spiro atoms. The Morgan fingerprint density at radius 1 is 0.967 bits per heavy atom. The Morgan fingerprint density at radius 3 is 2.13 bits per heavy atom. The van der Waals surface area contributed by atoms with Crippen molar-refractivity contribution in [3.8, 4) is 0 Å². The zero-order valence-electron chi connectivity index (χ0n) is 18.6. The third-order valence-electron chi connectivity index (χ3n) is 5.01. The van der Waals surface area contributed by atoms with Crippen molar-refractivity contribution in [2.75, 3.05) is 12.3 Å². The fraction of sp³-hybridized carbons (Fsp3) is 0.440. The molecule has 2 aromatic carbocycles. The van der Waals surface area contributed by atoms with E-state index in [9.17, 15) is 9.59 Å². The highest BCUT2D eigenvalue weighted by molar-refractivity contribution is 7.99. The Morgan fingerprint density at radius 2 is 1.57 bits per heavy atom. The van der Waals surface area contributed by atoms with E-state index >= 15 is 0 Å². The third-order valence-corrected chi connectivity index (χ3v) is 6.03. The number of aryl methyl sites for hydroxylation is 2. The molecule has 0 aromatic heterocycles. The van der Waals surface area contributed by atoms with Crippen LogP contribution in [0.15, 0.2) is 53.4 Å². The normalized spacial score (nSPS) is 11.7. The molecule has 0 aliphatic rings. The first-order valence-electron chi connectivity index (χ1n) is 10.8. The van der Waals surface area contributed by atoms with Gasteiger partial charge in [0.25, 0.3) is 0 Å². The van der Waals surface area contributed by atoms with Gasteiger partial charge >= 0.3 is 0 Å². The van der Waals surface area contributed by atoms with E-state index in [-0.39, 0.29) is 11.8 Å². The van der Waals surface area contributed by atoms with Crippen LogP contribution in [-0.2, 0) is 16.1 Å². The summed E-state index contributed by atoms with van der Waals surface area (Å²) >= 11 is 1.68. The van der Waals surface area contributed by atoms with Gasteiger partial charge in [0, 0.05) is 30.2 Å².